The lowest BCUT2D eigenvalue weighted by atomic mass is 9.95. The maximum Gasteiger partial charge on any atom is 0.341 e. The van der Waals surface area contributed by atoms with E-state index in [1.807, 2.05) is 6.92 Å². The van der Waals surface area contributed by atoms with E-state index in [0.29, 0.717) is 5.88 Å². The van der Waals surface area contributed by atoms with Crippen LogP contribution in [0.2, 0.25) is 0 Å². The number of nitrogens with one attached hydrogen (secondary N) is 1. The Balaban J connectivity index is 2.01. The largest absolute Gasteiger partial charge is 0.477 e. The number of fused-ring (bicyclic) bond motifs is 1. The van der Waals surface area contributed by atoms with Crippen molar-refractivity contribution in [3.05, 3.63) is 34.6 Å². The van der Waals surface area contributed by atoms with Crippen LogP contribution in [0.3, 0.4) is 0 Å². The fraction of sp³-hybridized carbons (Fsp3) is 0.357. The number of aromatic carboxylic acids is 1. The number of hydrogen-bond donors (Lipinski definition) is 2. The lowest BCUT2D eigenvalue weighted by Gasteiger charge is -2.16. The van der Waals surface area contributed by atoms with Gasteiger partial charge in [-0.15, -0.1) is 5.10 Å². The van der Waals surface area contributed by atoms with Gasteiger partial charge in [0.2, 0.25) is 11.8 Å². The number of H-pyrrole nitrogens is 1. The molecule has 0 aromatic carbocycles. The zero-order chi connectivity index (χ0) is 14.1. The number of aryl methyl sites for hydroxylation is 3. The Bertz CT molecular complexity index is 664. The summed E-state index contributed by atoms with van der Waals surface area (Å²) in [4.78, 5) is 15.7. The van der Waals surface area contributed by atoms with Crippen molar-refractivity contribution < 1.29 is 14.6 Å². The molecule has 2 aromatic heterocycles. The van der Waals surface area contributed by atoms with Crippen molar-refractivity contribution >= 4 is 5.97 Å². The van der Waals surface area contributed by atoms with E-state index in [4.69, 9.17) is 4.74 Å². The molecule has 2 heterocycles. The fourth-order valence-electron chi connectivity index (χ4n) is 2.39. The average Bonchev–Trinajstić information content (AvgIpc) is 2.83. The summed E-state index contributed by atoms with van der Waals surface area (Å²) >= 11 is 0. The number of ether oxygens (including phenoxy) is 1. The van der Waals surface area contributed by atoms with Crippen LogP contribution in [0.1, 0.15) is 40.2 Å². The van der Waals surface area contributed by atoms with Crippen molar-refractivity contribution in [2.45, 2.75) is 32.6 Å². The maximum atomic E-state index is 11.4. The van der Waals surface area contributed by atoms with Crippen LogP contribution in [0, 0.1) is 6.92 Å². The van der Waals surface area contributed by atoms with Crippen LogP contribution in [-0.4, -0.2) is 26.3 Å². The van der Waals surface area contributed by atoms with Gasteiger partial charge in [0.15, 0.2) is 0 Å². The zero-order valence-corrected chi connectivity index (χ0v) is 11.1. The van der Waals surface area contributed by atoms with Gasteiger partial charge in [-0.3, -0.25) is 5.10 Å². The number of pyridine rings is 1. The molecule has 6 nitrogen and oxygen atoms in total. The summed E-state index contributed by atoms with van der Waals surface area (Å²) in [7, 11) is 0. The van der Waals surface area contributed by atoms with Crippen LogP contribution >= 0.6 is 0 Å². The van der Waals surface area contributed by atoms with Crippen LogP contribution in [0.5, 0.6) is 11.8 Å². The first-order valence-electron chi connectivity index (χ1n) is 6.59. The highest BCUT2D eigenvalue weighted by Gasteiger charge is 2.20. The first kappa shape index (κ1) is 12.7. The molecule has 1 aliphatic rings. The Hall–Kier alpha value is -2.37. The van der Waals surface area contributed by atoms with Gasteiger partial charge >= 0.3 is 5.97 Å². The molecule has 20 heavy (non-hydrogen) atoms. The maximum absolute atomic E-state index is 11.4. The van der Waals surface area contributed by atoms with Gasteiger partial charge in [0, 0.05) is 17.5 Å². The van der Waals surface area contributed by atoms with Crippen LogP contribution in [0.15, 0.2) is 12.1 Å². The summed E-state index contributed by atoms with van der Waals surface area (Å²) in [6.07, 6.45) is 3.90. The second-order valence-electron chi connectivity index (χ2n) is 4.95. The third-order valence-corrected chi connectivity index (χ3v) is 3.38. The van der Waals surface area contributed by atoms with Gasteiger partial charge in [-0.05, 0) is 44.2 Å². The van der Waals surface area contributed by atoms with Gasteiger partial charge in [0.05, 0.1) is 0 Å². The summed E-state index contributed by atoms with van der Waals surface area (Å²) in [5.41, 5.74) is 2.88. The van der Waals surface area contributed by atoms with Crippen molar-refractivity contribution in [2.24, 2.45) is 0 Å². The lowest BCUT2D eigenvalue weighted by molar-refractivity contribution is 0.0693. The topological polar surface area (TPSA) is 88.1 Å². The van der Waals surface area contributed by atoms with Gasteiger partial charge in [-0.2, -0.15) is 0 Å². The molecule has 0 fully saturated rings. The molecule has 0 aliphatic heterocycles. The SMILES string of the molecule is Cc1cc(Oc2nc3c(cc2C(=O)O)CCCC3)n[nH]1. The number of carboxylic acids is 1. The number of hydrogen-bond acceptors (Lipinski definition) is 4. The van der Waals surface area contributed by atoms with Crippen molar-refractivity contribution in [2.75, 3.05) is 0 Å². The third-order valence-electron chi connectivity index (χ3n) is 3.38. The summed E-state index contributed by atoms with van der Waals surface area (Å²) in [6.45, 7) is 1.85. The van der Waals surface area contributed by atoms with Gasteiger partial charge < -0.3 is 9.84 Å². The first-order chi connectivity index (χ1) is 9.63. The number of carboxylic acid groups (broad SMARTS) is 1. The first-order valence-corrected chi connectivity index (χ1v) is 6.59. The molecular formula is C14H15N3O3. The highest BCUT2D eigenvalue weighted by molar-refractivity contribution is 5.90. The molecule has 0 spiro atoms. The molecule has 0 saturated carbocycles. The lowest BCUT2D eigenvalue weighted by Crippen LogP contribution is -2.11. The summed E-state index contributed by atoms with van der Waals surface area (Å²) in [5.74, 6) is -0.592. The quantitative estimate of drug-likeness (QED) is 0.896. The molecule has 0 radical (unpaired) electrons. The highest BCUT2D eigenvalue weighted by Crippen LogP contribution is 2.28. The van der Waals surface area contributed by atoms with E-state index in [1.54, 1.807) is 12.1 Å². The molecule has 0 amide bonds. The standard InChI is InChI=1S/C14H15N3O3/c1-8-6-12(17-16-8)20-13-10(14(18)19)7-9-4-2-3-5-11(9)15-13/h6-7H,2-5H2,1H3,(H,16,17)(H,18,19). The number of aromatic nitrogens is 3. The normalized spacial score (nSPS) is 13.8. The van der Waals surface area contributed by atoms with Gasteiger partial charge in [-0.25, -0.2) is 9.78 Å². The minimum absolute atomic E-state index is 0.0892. The Kier molecular flexibility index (Phi) is 3.14. The van der Waals surface area contributed by atoms with Crippen molar-refractivity contribution in [1.82, 2.24) is 15.2 Å². The van der Waals surface area contributed by atoms with E-state index in [-0.39, 0.29) is 11.4 Å². The monoisotopic (exact) mass is 273 g/mol. The summed E-state index contributed by atoms with van der Waals surface area (Å²) in [5, 5.41) is 16.0. The third kappa shape index (κ3) is 2.36. The van der Waals surface area contributed by atoms with Crippen molar-refractivity contribution in [3.63, 3.8) is 0 Å². The molecule has 2 N–H and O–H groups in total. The Morgan fingerprint density at radius 3 is 2.85 bits per heavy atom. The number of carbonyl (C=O) groups is 1. The van der Waals surface area contributed by atoms with E-state index in [2.05, 4.69) is 15.2 Å². The van der Waals surface area contributed by atoms with Crippen LogP contribution in [-0.2, 0) is 12.8 Å². The molecule has 0 atom stereocenters. The van der Waals surface area contributed by atoms with Gasteiger partial charge in [0.1, 0.15) is 5.56 Å². The number of rotatable bonds is 3. The minimum atomic E-state index is -1.03. The summed E-state index contributed by atoms with van der Waals surface area (Å²) < 4.78 is 5.52. The molecule has 6 heteroatoms. The Morgan fingerprint density at radius 1 is 1.35 bits per heavy atom. The molecule has 0 saturated heterocycles. The molecule has 0 unspecified atom stereocenters. The van der Waals surface area contributed by atoms with Crippen LogP contribution in [0.4, 0.5) is 0 Å². The Morgan fingerprint density at radius 2 is 2.15 bits per heavy atom. The summed E-state index contributed by atoms with van der Waals surface area (Å²) in [6, 6.07) is 3.38. The molecule has 0 bridgehead atoms. The van der Waals surface area contributed by atoms with E-state index in [9.17, 15) is 9.90 Å². The van der Waals surface area contributed by atoms with E-state index < -0.39 is 5.97 Å². The Labute approximate surface area is 115 Å². The highest BCUT2D eigenvalue weighted by atomic mass is 16.5. The van der Waals surface area contributed by atoms with Crippen molar-refractivity contribution in [3.8, 4) is 11.8 Å². The molecule has 3 rings (SSSR count). The zero-order valence-electron chi connectivity index (χ0n) is 11.1. The second-order valence-corrected chi connectivity index (χ2v) is 4.95. The minimum Gasteiger partial charge on any atom is -0.477 e. The average molecular weight is 273 g/mol. The molecule has 2 aromatic rings. The fourth-order valence-corrected chi connectivity index (χ4v) is 2.39. The second kappa shape index (κ2) is 4.96. The van der Waals surface area contributed by atoms with Gasteiger partial charge in [0.25, 0.3) is 0 Å². The predicted octanol–water partition coefficient (Wildman–Crippen LogP) is 2.48. The predicted molar refractivity (Wildman–Crippen MR) is 71.2 cm³/mol. The number of aromatic amines is 1. The van der Waals surface area contributed by atoms with Crippen LogP contribution < -0.4 is 4.74 Å². The number of nitrogens with zero attached hydrogens (tertiary/aromatic N) is 2. The molecule has 1 aliphatic carbocycles. The van der Waals surface area contributed by atoms with Crippen molar-refractivity contribution in [1.29, 1.82) is 0 Å². The van der Waals surface area contributed by atoms with E-state index in [1.165, 1.54) is 0 Å². The molecular weight excluding hydrogens is 258 g/mol. The van der Waals surface area contributed by atoms with E-state index in [0.717, 1.165) is 42.6 Å². The van der Waals surface area contributed by atoms with Crippen LogP contribution in [0.25, 0.3) is 0 Å². The van der Waals surface area contributed by atoms with Gasteiger partial charge in [-0.1, -0.05) is 0 Å². The smallest absolute Gasteiger partial charge is 0.341 e. The van der Waals surface area contributed by atoms with E-state index >= 15 is 0 Å². The molecule has 104 valence electrons.